The Balaban J connectivity index is 2.33. The lowest BCUT2D eigenvalue weighted by Crippen LogP contribution is -2.61. The van der Waals surface area contributed by atoms with Crippen LogP contribution in [0.2, 0.25) is 0 Å². The summed E-state index contributed by atoms with van der Waals surface area (Å²) in [5.41, 5.74) is 11.7. The van der Waals surface area contributed by atoms with Gasteiger partial charge in [0.25, 0.3) is 0 Å². The van der Waals surface area contributed by atoms with Crippen LogP contribution in [0.4, 0.5) is 0 Å². The van der Waals surface area contributed by atoms with Crippen molar-refractivity contribution in [2.24, 2.45) is 34.8 Å². The average Bonchev–Trinajstić information content (AvgIpc) is 3.35. The lowest BCUT2D eigenvalue weighted by Gasteiger charge is -2.39. The number of likely N-dealkylation sites (N-methyl/N-ethyl adjacent to an activating group) is 2. The number of hydrogen-bond donors (Lipinski definition) is 6. The molecule has 8 N–H and O–H groups in total. The summed E-state index contributed by atoms with van der Waals surface area (Å²) >= 11 is 0. The van der Waals surface area contributed by atoms with Gasteiger partial charge in [0.05, 0.1) is 12.1 Å². The Morgan fingerprint density at radius 2 is 1.65 bits per heavy atom. The van der Waals surface area contributed by atoms with E-state index in [1.54, 1.807) is 32.0 Å². The molecule has 0 radical (unpaired) electrons. The number of aliphatic imine (C=N–C) groups is 1. The first-order valence-electron chi connectivity index (χ1n) is 16.7. The third-order valence-corrected chi connectivity index (χ3v) is 9.07. The summed E-state index contributed by atoms with van der Waals surface area (Å²) in [4.78, 5) is 58.7. The number of aromatic nitrogens is 1. The van der Waals surface area contributed by atoms with Gasteiger partial charge in [0.2, 0.25) is 17.7 Å². The van der Waals surface area contributed by atoms with E-state index < -0.39 is 46.9 Å². The van der Waals surface area contributed by atoms with Gasteiger partial charge in [-0.2, -0.15) is 0 Å². The van der Waals surface area contributed by atoms with Crippen LogP contribution in [-0.4, -0.2) is 89.0 Å². The highest BCUT2D eigenvalue weighted by Crippen LogP contribution is 2.35. The molecule has 0 aliphatic rings. The van der Waals surface area contributed by atoms with E-state index in [2.05, 4.69) is 20.9 Å². The SMILES string of the molecule is CNC(C(=O)NC(C(=O)N(C)[C@H](/C=C(\C)C(=O)NC(CCCN=C(N)N)C(=O)O)C(C)C)C(C)(C)C)C(C)(C)c1cn(C)c2ccccc12. The van der Waals surface area contributed by atoms with Crippen molar-refractivity contribution < 1.29 is 24.3 Å². The normalized spacial score (nSPS) is 14.9. The molecule has 0 bridgehead atoms. The summed E-state index contributed by atoms with van der Waals surface area (Å²) in [7, 11) is 5.37. The standard InChI is InChI=1S/C36H58N8O5/c1-21(2)27(19-22(3)30(45)41-25(33(48)49)16-14-18-40-34(37)38)44(11)32(47)29(35(4,5)6)42-31(46)28(39-9)36(7,8)24-20-43(10)26-17-13-12-15-23(24)26/h12-13,15,17,19-21,25,27-29,39H,14,16,18H2,1-11H3,(H,41,45)(H,42,46)(H,48,49)(H4,37,38,40)/b22-19+/t25?,27-,28?,29?/m1/s1. The summed E-state index contributed by atoms with van der Waals surface area (Å²) in [5, 5.41) is 19.5. The summed E-state index contributed by atoms with van der Waals surface area (Å²) in [6.45, 7) is 15.4. The minimum atomic E-state index is -1.18. The van der Waals surface area contributed by atoms with Crippen LogP contribution in [0.15, 0.2) is 47.1 Å². The molecule has 2 rings (SSSR count). The molecule has 0 aliphatic carbocycles. The van der Waals surface area contributed by atoms with E-state index >= 15 is 0 Å². The molecule has 49 heavy (non-hydrogen) atoms. The molecular weight excluding hydrogens is 624 g/mol. The highest BCUT2D eigenvalue weighted by Gasteiger charge is 2.42. The van der Waals surface area contributed by atoms with Gasteiger partial charge in [-0.1, -0.05) is 72.7 Å². The van der Waals surface area contributed by atoms with Crippen molar-refractivity contribution in [1.29, 1.82) is 0 Å². The zero-order valence-corrected chi connectivity index (χ0v) is 31.0. The number of para-hydroxylation sites is 1. The minimum Gasteiger partial charge on any atom is -0.480 e. The maximum Gasteiger partial charge on any atom is 0.326 e. The van der Waals surface area contributed by atoms with Crippen molar-refractivity contribution in [2.45, 2.75) is 97.8 Å². The van der Waals surface area contributed by atoms with Crippen molar-refractivity contribution in [3.05, 3.63) is 47.7 Å². The van der Waals surface area contributed by atoms with Gasteiger partial charge in [-0.15, -0.1) is 0 Å². The highest BCUT2D eigenvalue weighted by atomic mass is 16.4. The molecule has 272 valence electrons. The van der Waals surface area contributed by atoms with Crippen LogP contribution in [0, 0.1) is 11.3 Å². The Bertz CT molecular complexity index is 1550. The van der Waals surface area contributed by atoms with Crippen LogP contribution in [0.3, 0.4) is 0 Å². The Labute approximate surface area is 290 Å². The number of fused-ring (bicyclic) bond motifs is 1. The van der Waals surface area contributed by atoms with E-state index in [-0.39, 0.29) is 42.2 Å². The molecule has 4 atom stereocenters. The Hall–Kier alpha value is -4.39. The third-order valence-electron chi connectivity index (χ3n) is 9.07. The smallest absolute Gasteiger partial charge is 0.326 e. The third kappa shape index (κ3) is 10.3. The fraction of sp³-hybridized carbons (Fsp3) is 0.583. The molecule has 1 heterocycles. The second-order valence-electron chi connectivity index (χ2n) is 14.8. The fourth-order valence-electron chi connectivity index (χ4n) is 6.17. The number of carbonyl (C=O) groups is 4. The summed E-state index contributed by atoms with van der Waals surface area (Å²) in [5.74, 6) is -2.57. The van der Waals surface area contributed by atoms with E-state index in [0.29, 0.717) is 6.42 Å². The number of carbonyl (C=O) groups excluding carboxylic acids is 3. The van der Waals surface area contributed by atoms with E-state index in [4.69, 9.17) is 11.5 Å². The lowest BCUT2D eigenvalue weighted by molar-refractivity contribution is -0.141. The molecule has 0 fully saturated rings. The van der Waals surface area contributed by atoms with Crippen LogP contribution >= 0.6 is 0 Å². The van der Waals surface area contributed by atoms with Gasteiger partial charge in [-0.3, -0.25) is 19.4 Å². The first-order chi connectivity index (χ1) is 22.6. The number of amides is 3. The van der Waals surface area contributed by atoms with Gasteiger partial charge >= 0.3 is 5.97 Å². The van der Waals surface area contributed by atoms with Crippen molar-refractivity contribution >= 4 is 40.6 Å². The maximum absolute atomic E-state index is 14.2. The second-order valence-corrected chi connectivity index (χ2v) is 14.8. The van der Waals surface area contributed by atoms with Gasteiger partial charge in [-0.05, 0) is 49.8 Å². The zero-order valence-electron chi connectivity index (χ0n) is 31.0. The van der Waals surface area contributed by atoms with Crippen LogP contribution in [0.25, 0.3) is 10.9 Å². The highest BCUT2D eigenvalue weighted by molar-refractivity contribution is 5.96. The number of guanidine groups is 1. The number of hydrogen-bond acceptors (Lipinski definition) is 6. The van der Waals surface area contributed by atoms with Gasteiger partial charge in [-0.25, -0.2) is 4.79 Å². The van der Waals surface area contributed by atoms with Gasteiger partial charge in [0.15, 0.2) is 5.96 Å². The number of nitrogens with two attached hydrogens (primary N) is 2. The molecule has 1 aromatic carbocycles. The molecule has 3 amide bonds. The molecule has 13 heteroatoms. The number of carboxylic acid groups (broad SMARTS) is 1. The van der Waals surface area contributed by atoms with Crippen LogP contribution in [0.1, 0.15) is 73.8 Å². The van der Waals surface area contributed by atoms with Crippen LogP contribution in [0.5, 0.6) is 0 Å². The molecule has 2 aromatic rings. The number of aliphatic carboxylic acids is 1. The first-order valence-corrected chi connectivity index (χ1v) is 16.7. The number of nitrogens with zero attached hydrogens (tertiary/aromatic N) is 3. The van der Waals surface area contributed by atoms with Crippen molar-refractivity contribution in [2.75, 3.05) is 20.6 Å². The summed E-state index contributed by atoms with van der Waals surface area (Å²) in [6, 6.07) is 4.82. The maximum atomic E-state index is 14.2. The van der Waals surface area contributed by atoms with Gasteiger partial charge in [0.1, 0.15) is 12.1 Å². The first kappa shape index (κ1) is 40.8. The van der Waals surface area contributed by atoms with E-state index in [1.165, 1.54) is 0 Å². The number of nitrogens with one attached hydrogen (secondary N) is 3. The van der Waals surface area contributed by atoms with Crippen molar-refractivity contribution in [3.63, 3.8) is 0 Å². The number of benzene rings is 1. The van der Waals surface area contributed by atoms with Crippen LogP contribution < -0.4 is 27.4 Å². The molecule has 0 saturated carbocycles. The van der Waals surface area contributed by atoms with Crippen molar-refractivity contribution in [1.82, 2.24) is 25.4 Å². The Morgan fingerprint density at radius 1 is 1.04 bits per heavy atom. The van der Waals surface area contributed by atoms with E-state index in [9.17, 15) is 24.3 Å². The van der Waals surface area contributed by atoms with Crippen molar-refractivity contribution in [3.8, 4) is 0 Å². The largest absolute Gasteiger partial charge is 0.480 e. The Morgan fingerprint density at radius 3 is 2.18 bits per heavy atom. The minimum absolute atomic E-state index is 0.0899. The molecule has 0 saturated heterocycles. The molecule has 13 nitrogen and oxygen atoms in total. The molecule has 3 unspecified atom stereocenters. The predicted octanol–water partition coefficient (Wildman–Crippen LogP) is 2.63. The van der Waals surface area contributed by atoms with E-state index in [1.807, 2.05) is 90.5 Å². The molecule has 1 aromatic heterocycles. The average molecular weight is 683 g/mol. The zero-order chi connectivity index (χ0) is 37.4. The second kappa shape index (κ2) is 16.8. The molecule has 0 spiro atoms. The summed E-state index contributed by atoms with van der Waals surface area (Å²) < 4.78 is 2.05. The number of rotatable bonds is 16. The molecular formula is C36H58N8O5. The lowest BCUT2D eigenvalue weighted by atomic mass is 9.76. The Kier molecular flexibility index (Phi) is 14.0. The number of carboxylic acids is 1. The van der Waals surface area contributed by atoms with Gasteiger partial charge < -0.3 is 42.0 Å². The predicted molar refractivity (Wildman–Crippen MR) is 195 cm³/mol. The summed E-state index contributed by atoms with van der Waals surface area (Å²) in [6.07, 6.45) is 4.20. The topological polar surface area (TPSA) is 197 Å². The fourth-order valence-corrected chi connectivity index (χ4v) is 6.17. The quantitative estimate of drug-likeness (QED) is 0.0672. The van der Waals surface area contributed by atoms with Crippen LogP contribution in [-0.2, 0) is 31.6 Å². The van der Waals surface area contributed by atoms with Gasteiger partial charge in [0, 0.05) is 48.7 Å². The number of aryl methyl sites for hydroxylation is 1. The molecule has 0 aliphatic heterocycles. The van der Waals surface area contributed by atoms with E-state index in [0.717, 1.165) is 16.5 Å². The monoisotopic (exact) mass is 682 g/mol.